The van der Waals surface area contributed by atoms with E-state index >= 15 is 0 Å². The highest BCUT2D eigenvalue weighted by atomic mass is 79.9. The van der Waals surface area contributed by atoms with Crippen LogP contribution in [0.15, 0.2) is 25.6 Å². The van der Waals surface area contributed by atoms with Crippen molar-refractivity contribution >= 4 is 25.8 Å². The van der Waals surface area contributed by atoms with Gasteiger partial charge in [0.1, 0.15) is 0 Å². The van der Waals surface area contributed by atoms with Gasteiger partial charge in [0, 0.05) is 26.3 Å². The van der Waals surface area contributed by atoms with E-state index in [1.807, 2.05) is 0 Å². The van der Waals surface area contributed by atoms with E-state index in [0.717, 1.165) is 6.42 Å². The first-order chi connectivity index (χ1) is 12.0. The molecule has 2 aromatic rings. The molecule has 0 spiro atoms. The maximum Gasteiger partial charge on any atom is 0.283 e. The minimum atomic E-state index is -2.96. The van der Waals surface area contributed by atoms with Gasteiger partial charge in [-0.15, -0.1) is 10.2 Å². The molecule has 0 aromatic carbocycles. The zero-order valence-electron chi connectivity index (χ0n) is 13.9. The van der Waals surface area contributed by atoms with Crippen molar-refractivity contribution in [3.63, 3.8) is 0 Å². The first-order valence-corrected chi connectivity index (χ1v) is 10.6. The van der Waals surface area contributed by atoms with Crippen LogP contribution in [0.5, 0.6) is 0 Å². The second kappa shape index (κ2) is 7.98. The SMILES string of the molecule is COCCCN(Cc1nnc(-c2ccc(Br)o2)o1)C1CCS(=O)(=O)C1. The van der Waals surface area contributed by atoms with Gasteiger partial charge in [-0.1, -0.05) is 0 Å². The molecule has 25 heavy (non-hydrogen) atoms. The molecule has 3 heterocycles. The van der Waals surface area contributed by atoms with Gasteiger partial charge in [0.2, 0.25) is 5.89 Å². The number of nitrogens with zero attached hydrogens (tertiary/aromatic N) is 3. The molecule has 0 saturated carbocycles. The van der Waals surface area contributed by atoms with Crippen LogP contribution in [0.25, 0.3) is 11.7 Å². The lowest BCUT2D eigenvalue weighted by atomic mass is 10.2. The number of methoxy groups -OCH3 is 1. The largest absolute Gasteiger partial charge is 0.444 e. The third kappa shape index (κ3) is 4.90. The molecule has 1 fully saturated rings. The Morgan fingerprint density at radius 2 is 2.20 bits per heavy atom. The minimum absolute atomic E-state index is 0.0324. The Kier molecular flexibility index (Phi) is 5.92. The first-order valence-electron chi connectivity index (χ1n) is 7.98. The molecule has 1 saturated heterocycles. The molecule has 10 heteroatoms. The van der Waals surface area contributed by atoms with Crippen molar-refractivity contribution < 1.29 is 22.0 Å². The molecule has 1 aliphatic heterocycles. The molecule has 1 unspecified atom stereocenters. The van der Waals surface area contributed by atoms with Crippen molar-refractivity contribution in [3.8, 4) is 11.7 Å². The standard InChI is InChI=1S/C15H20BrN3O5S/c1-22-7-2-6-19(11-5-8-25(20,21)10-11)9-14-17-18-15(24-14)12-3-4-13(16)23-12/h3-4,11H,2,5-10H2,1H3. The number of ether oxygens (including phenoxy) is 1. The molecule has 138 valence electrons. The van der Waals surface area contributed by atoms with Gasteiger partial charge < -0.3 is 13.6 Å². The van der Waals surface area contributed by atoms with Crippen LogP contribution in [0.1, 0.15) is 18.7 Å². The molecule has 2 aromatic heterocycles. The van der Waals surface area contributed by atoms with Crippen LogP contribution in [0.3, 0.4) is 0 Å². The van der Waals surface area contributed by atoms with Crippen molar-refractivity contribution in [2.75, 3.05) is 31.8 Å². The van der Waals surface area contributed by atoms with Crippen molar-refractivity contribution in [3.05, 3.63) is 22.7 Å². The van der Waals surface area contributed by atoms with E-state index < -0.39 is 9.84 Å². The lowest BCUT2D eigenvalue weighted by Crippen LogP contribution is -2.37. The van der Waals surface area contributed by atoms with Gasteiger partial charge in [-0.25, -0.2) is 8.42 Å². The van der Waals surface area contributed by atoms with Gasteiger partial charge in [-0.05, 0) is 40.9 Å². The maximum absolute atomic E-state index is 11.8. The van der Waals surface area contributed by atoms with Gasteiger partial charge in [0.25, 0.3) is 5.89 Å². The van der Waals surface area contributed by atoms with Crippen molar-refractivity contribution in [2.45, 2.75) is 25.4 Å². The Bertz CT molecular complexity index is 804. The fourth-order valence-electron chi connectivity index (χ4n) is 2.89. The summed E-state index contributed by atoms with van der Waals surface area (Å²) in [6.45, 7) is 1.72. The number of furan rings is 1. The number of rotatable bonds is 8. The quantitative estimate of drug-likeness (QED) is 0.583. The predicted octanol–water partition coefficient (Wildman–Crippen LogP) is 2.12. The first kappa shape index (κ1) is 18.6. The highest BCUT2D eigenvalue weighted by Gasteiger charge is 2.32. The zero-order chi connectivity index (χ0) is 17.9. The predicted molar refractivity (Wildman–Crippen MR) is 93.7 cm³/mol. The van der Waals surface area contributed by atoms with E-state index in [1.165, 1.54) is 0 Å². The Labute approximate surface area is 154 Å². The fourth-order valence-corrected chi connectivity index (χ4v) is 4.95. The van der Waals surface area contributed by atoms with E-state index in [1.54, 1.807) is 19.2 Å². The van der Waals surface area contributed by atoms with Crippen LogP contribution in [-0.2, 0) is 21.1 Å². The Hall–Kier alpha value is -1.23. The molecule has 8 nitrogen and oxygen atoms in total. The smallest absolute Gasteiger partial charge is 0.283 e. The van der Waals surface area contributed by atoms with Gasteiger partial charge >= 0.3 is 0 Å². The molecule has 0 aliphatic carbocycles. The molecule has 0 radical (unpaired) electrons. The molecule has 0 amide bonds. The monoisotopic (exact) mass is 433 g/mol. The van der Waals surface area contributed by atoms with Crippen LogP contribution in [0.4, 0.5) is 0 Å². The van der Waals surface area contributed by atoms with Crippen molar-refractivity contribution in [1.29, 1.82) is 0 Å². The summed E-state index contributed by atoms with van der Waals surface area (Å²) in [5, 5.41) is 8.07. The van der Waals surface area contributed by atoms with E-state index in [-0.39, 0.29) is 17.5 Å². The second-order valence-corrected chi connectivity index (χ2v) is 8.99. The number of aromatic nitrogens is 2. The lowest BCUT2D eigenvalue weighted by Gasteiger charge is -2.26. The zero-order valence-corrected chi connectivity index (χ0v) is 16.3. The molecule has 0 N–H and O–H groups in total. The molecule has 0 bridgehead atoms. The second-order valence-electron chi connectivity index (χ2n) is 5.98. The summed E-state index contributed by atoms with van der Waals surface area (Å²) < 4.78 is 40.4. The van der Waals surface area contributed by atoms with Gasteiger partial charge in [-0.2, -0.15) is 0 Å². The van der Waals surface area contributed by atoms with Crippen molar-refractivity contribution in [1.82, 2.24) is 15.1 Å². The topological polar surface area (TPSA) is 98.7 Å². The fraction of sp³-hybridized carbons (Fsp3) is 0.600. The summed E-state index contributed by atoms with van der Waals surface area (Å²) in [5.41, 5.74) is 0. The summed E-state index contributed by atoms with van der Waals surface area (Å²) in [5.74, 6) is 1.63. The van der Waals surface area contributed by atoms with E-state index in [9.17, 15) is 8.42 Å². The van der Waals surface area contributed by atoms with Gasteiger partial charge in [-0.3, -0.25) is 4.90 Å². The molecule has 3 rings (SSSR count). The van der Waals surface area contributed by atoms with Gasteiger partial charge in [0.05, 0.1) is 18.1 Å². The Morgan fingerprint density at radius 1 is 1.36 bits per heavy atom. The molecule has 1 aliphatic rings. The Morgan fingerprint density at radius 3 is 2.84 bits per heavy atom. The summed E-state index contributed by atoms with van der Waals surface area (Å²) in [4.78, 5) is 2.08. The molecular formula is C15H20BrN3O5S. The van der Waals surface area contributed by atoms with E-state index in [4.69, 9.17) is 13.6 Å². The van der Waals surface area contributed by atoms with E-state index in [0.29, 0.717) is 48.3 Å². The van der Waals surface area contributed by atoms with Crippen LogP contribution < -0.4 is 0 Å². The van der Waals surface area contributed by atoms with Crippen LogP contribution in [-0.4, -0.2) is 61.3 Å². The average Bonchev–Trinajstić information content (AvgIpc) is 3.26. The third-order valence-electron chi connectivity index (χ3n) is 4.11. The third-order valence-corrected chi connectivity index (χ3v) is 6.28. The van der Waals surface area contributed by atoms with Crippen LogP contribution in [0, 0.1) is 0 Å². The molecule has 1 atom stereocenters. The van der Waals surface area contributed by atoms with Crippen molar-refractivity contribution in [2.24, 2.45) is 0 Å². The summed E-state index contributed by atoms with van der Waals surface area (Å²) in [6.07, 6.45) is 1.43. The minimum Gasteiger partial charge on any atom is -0.444 e. The normalized spacial score (nSPS) is 19.7. The highest BCUT2D eigenvalue weighted by molar-refractivity contribution is 9.10. The van der Waals surface area contributed by atoms with E-state index in [2.05, 4.69) is 31.0 Å². The maximum atomic E-state index is 11.8. The average molecular weight is 434 g/mol. The lowest BCUT2D eigenvalue weighted by molar-refractivity contribution is 0.143. The summed E-state index contributed by atoms with van der Waals surface area (Å²) in [6, 6.07) is 3.45. The number of hydrogen-bond acceptors (Lipinski definition) is 8. The molecular weight excluding hydrogens is 414 g/mol. The highest BCUT2D eigenvalue weighted by Crippen LogP contribution is 2.25. The summed E-state index contributed by atoms with van der Waals surface area (Å²) >= 11 is 3.23. The van der Waals surface area contributed by atoms with Gasteiger partial charge in [0.15, 0.2) is 20.3 Å². The summed E-state index contributed by atoms with van der Waals surface area (Å²) in [7, 11) is -1.31. The number of hydrogen-bond donors (Lipinski definition) is 0. The van der Waals surface area contributed by atoms with Crippen LogP contribution >= 0.6 is 15.9 Å². The number of sulfone groups is 1. The number of halogens is 1. The van der Waals surface area contributed by atoms with Crippen LogP contribution in [0.2, 0.25) is 0 Å². The Balaban J connectivity index is 1.70.